The van der Waals surface area contributed by atoms with E-state index in [0.29, 0.717) is 38.0 Å². The molecule has 1 atom stereocenters. The number of likely N-dealkylation sites (tertiary alicyclic amines) is 1. The molecule has 1 spiro atoms. The molecule has 0 unspecified atom stereocenters. The van der Waals surface area contributed by atoms with Crippen LogP contribution in [0.4, 0.5) is 10.5 Å². The second-order valence-electron chi connectivity index (χ2n) is 7.84. The Labute approximate surface area is 159 Å². The van der Waals surface area contributed by atoms with Crippen molar-refractivity contribution in [3.05, 3.63) is 41.0 Å². The van der Waals surface area contributed by atoms with E-state index in [1.807, 2.05) is 37.8 Å². The van der Waals surface area contributed by atoms with Crippen LogP contribution >= 0.6 is 0 Å². The second kappa shape index (κ2) is 6.96. The summed E-state index contributed by atoms with van der Waals surface area (Å²) in [6.45, 7) is 8.55. The maximum Gasteiger partial charge on any atom is 0.321 e. The first-order valence-electron chi connectivity index (χ1n) is 9.48. The monoisotopic (exact) mass is 370 g/mol. The average molecular weight is 370 g/mol. The minimum atomic E-state index is -0.0773. The number of nitrogens with one attached hydrogen (secondary N) is 1. The highest BCUT2D eigenvalue weighted by molar-refractivity contribution is 5.90. The van der Waals surface area contributed by atoms with E-state index in [1.54, 1.807) is 0 Å². The van der Waals surface area contributed by atoms with Crippen molar-refractivity contribution < 1.29 is 14.1 Å². The molecule has 2 fully saturated rings. The summed E-state index contributed by atoms with van der Waals surface area (Å²) in [5.41, 5.74) is 3.03. The Morgan fingerprint density at radius 2 is 2.04 bits per heavy atom. The molecule has 1 N–H and O–H groups in total. The molecule has 2 aromatic rings. The van der Waals surface area contributed by atoms with Crippen LogP contribution in [0, 0.1) is 26.2 Å². The van der Waals surface area contributed by atoms with Crippen molar-refractivity contribution in [2.45, 2.75) is 39.5 Å². The van der Waals surface area contributed by atoms with Gasteiger partial charge in [-0.3, -0.25) is 0 Å². The number of ether oxygens (including phenoxy) is 1. The highest BCUT2D eigenvalue weighted by Crippen LogP contribution is 2.49. The van der Waals surface area contributed by atoms with Gasteiger partial charge in [0.25, 0.3) is 0 Å². The molecule has 2 amide bonds. The van der Waals surface area contributed by atoms with Crippen LogP contribution in [0.2, 0.25) is 0 Å². The van der Waals surface area contributed by atoms with Crippen LogP contribution in [-0.2, 0) is 4.74 Å². The molecule has 27 heavy (non-hydrogen) atoms. The number of carbonyl (C=O) groups excluding carboxylic acids is 1. The largest absolute Gasteiger partial charge is 0.381 e. The lowest BCUT2D eigenvalue weighted by molar-refractivity contribution is 0.00959. The molecule has 1 aromatic carbocycles. The first-order valence-corrected chi connectivity index (χ1v) is 9.48. The third-order valence-electron chi connectivity index (χ3n) is 5.89. The van der Waals surface area contributed by atoms with Crippen LogP contribution in [0.3, 0.4) is 0 Å². The lowest BCUT2D eigenvalue weighted by atomic mass is 9.72. The Bertz CT molecular complexity index is 842. The molecule has 3 heterocycles. The molecule has 2 aliphatic rings. The molecule has 7 heteroatoms. The fourth-order valence-electron chi connectivity index (χ4n) is 4.35. The molecule has 0 radical (unpaired) electrons. The van der Waals surface area contributed by atoms with Crippen molar-refractivity contribution in [1.82, 2.24) is 15.0 Å². The highest BCUT2D eigenvalue weighted by atomic mass is 16.5. The Kier molecular flexibility index (Phi) is 4.63. The summed E-state index contributed by atoms with van der Waals surface area (Å²) in [7, 11) is 0. The smallest absolute Gasteiger partial charge is 0.321 e. The molecule has 144 valence electrons. The standard InChI is InChI=1S/C20H26N4O3/c1-13-4-5-17(14(2)10-13)22-19(25)24-11-16(18-21-15(3)23-27-18)20(12-24)6-8-26-9-7-20/h4-5,10,16H,6-9,11-12H2,1-3H3,(H,22,25)/t16-/m1/s1. The first kappa shape index (κ1) is 18.0. The Balaban J connectivity index is 1.56. The molecule has 2 aliphatic heterocycles. The molecule has 4 rings (SSSR count). The normalized spacial score (nSPS) is 21.6. The molecule has 1 aromatic heterocycles. The Morgan fingerprint density at radius 3 is 2.70 bits per heavy atom. The lowest BCUT2D eigenvalue weighted by Gasteiger charge is -2.36. The number of amides is 2. The van der Waals surface area contributed by atoms with E-state index in [0.717, 1.165) is 24.1 Å². The SMILES string of the molecule is Cc1ccc(NC(=O)N2C[C@H](c3nc(C)no3)C3(CCOCC3)C2)c(C)c1. The Hall–Kier alpha value is -2.41. The van der Waals surface area contributed by atoms with Gasteiger partial charge in [0.15, 0.2) is 5.82 Å². The first-order chi connectivity index (χ1) is 13.0. The topological polar surface area (TPSA) is 80.5 Å². The van der Waals surface area contributed by atoms with Crippen molar-refractivity contribution in [3.8, 4) is 0 Å². The highest BCUT2D eigenvalue weighted by Gasteiger charge is 2.51. The molecule has 7 nitrogen and oxygen atoms in total. The summed E-state index contributed by atoms with van der Waals surface area (Å²) in [5, 5.41) is 7.03. The van der Waals surface area contributed by atoms with Crippen molar-refractivity contribution in [2.24, 2.45) is 5.41 Å². The summed E-state index contributed by atoms with van der Waals surface area (Å²) in [4.78, 5) is 19.3. The van der Waals surface area contributed by atoms with Crippen molar-refractivity contribution in [2.75, 3.05) is 31.6 Å². The fourth-order valence-corrected chi connectivity index (χ4v) is 4.35. The third kappa shape index (κ3) is 3.43. The van der Waals surface area contributed by atoms with Crippen LogP contribution < -0.4 is 5.32 Å². The van der Waals surface area contributed by atoms with Gasteiger partial charge < -0.3 is 19.5 Å². The van der Waals surface area contributed by atoms with Gasteiger partial charge in [-0.15, -0.1) is 0 Å². The van der Waals surface area contributed by atoms with E-state index in [1.165, 1.54) is 5.56 Å². The zero-order valence-corrected chi connectivity index (χ0v) is 16.1. The number of benzene rings is 1. The predicted molar refractivity (Wildman–Crippen MR) is 101 cm³/mol. The van der Waals surface area contributed by atoms with Gasteiger partial charge in [-0.05, 0) is 45.2 Å². The van der Waals surface area contributed by atoms with Gasteiger partial charge in [-0.1, -0.05) is 22.9 Å². The minimum Gasteiger partial charge on any atom is -0.381 e. The van der Waals surface area contributed by atoms with E-state index >= 15 is 0 Å². The Morgan fingerprint density at radius 1 is 1.26 bits per heavy atom. The zero-order valence-electron chi connectivity index (χ0n) is 16.1. The van der Waals surface area contributed by atoms with Gasteiger partial charge in [-0.2, -0.15) is 4.98 Å². The summed E-state index contributed by atoms with van der Waals surface area (Å²) in [6, 6.07) is 5.97. The lowest BCUT2D eigenvalue weighted by Crippen LogP contribution is -2.38. The van der Waals surface area contributed by atoms with E-state index < -0.39 is 0 Å². The fraction of sp³-hybridized carbons (Fsp3) is 0.550. The van der Waals surface area contributed by atoms with Gasteiger partial charge in [0.1, 0.15) is 0 Å². The predicted octanol–water partition coefficient (Wildman–Crippen LogP) is 3.42. The number of anilines is 1. The summed E-state index contributed by atoms with van der Waals surface area (Å²) < 4.78 is 11.1. The number of rotatable bonds is 2. The molecule has 0 aliphatic carbocycles. The molecule has 0 bridgehead atoms. The third-order valence-corrected chi connectivity index (χ3v) is 5.89. The van der Waals surface area contributed by atoms with Gasteiger partial charge in [-0.25, -0.2) is 4.79 Å². The number of urea groups is 1. The number of hydrogen-bond donors (Lipinski definition) is 1. The van der Waals surface area contributed by atoms with Gasteiger partial charge in [0, 0.05) is 37.4 Å². The summed E-state index contributed by atoms with van der Waals surface area (Å²) >= 11 is 0. The van der Waals surface area contributed by atoms with Gasteiger partial charge in [0.05, 0.1) is 5.92 Å². The summed E-state index contributed by atoms with van der Waals surface area (Å²) in [6.07, 6.45) is 1.79. The number of carbonyl (C=O) groups is 1. The molecule has 2 saturated heterocycles. The average Bonchev–Trinajstić information content (AvgIpc) is 3.22. The van der Waals surface area contributed by atoms with E-state index in [2.05, 4.69) is 21.5 Å². The van der Waals surface area contributed by atoms with Crippen LogP contribution in [0.25, 0.3) is 0 Å². The van der Waals surface area contributed by atoms with E-state index in [-0.39, 0.29) is 17.4 Å². The zero-order chi connectivity index (χ0) is 19.0. The quantitative estimate of drug-likeness (QED) is 0.876. The maximum atomic E-state index is 13.0. The minimum absolute atomic E-state index is 0.0486. The van der Waals surface area contributed by atoms with E-state index in [4.69, 9.17) is 9.26 Å². The molecular weight excluding hydrogens is 344 g/mol. The number of aromatic nitrogens is 2. The van der Waals surface area contributed by atoms with Gasteiger partial charge >= 0.3 is 6.03 Å². The molecular formula is C20H26N4O3. The summed E-state index contributed by atoms with van der Waals surface area (Å²) in [5.74, 6) is 1.31. The van der Waals surface area contributed by atoms with Crippen molar-refractivity contribution >= 4 is 11.7 Å². The van der Waals surface area contributed by atoms with Crippen LogP contribution in [0.5, 0.6) is 0 Å². The van der Waals surface area contributed by atoms with Gasteiger partial charge in [0.2, 0.25) is 5.89 Å². The van der Waals surface area contributed by atoms with E-state index in [9.17, 15) is 4.79 Å². The van der Waals surface area contributed by atoms with Crippen LogP contribution in [0.15, 0.2) is 22.7 Å². The van der Waals surface area contributed by atoms with Crippen LogP contribution in [-0.4, -0.2) is 47.4 Å². The second-order valence-corrected chi connectivity index (χ2v) is 7.84. The van der Waals surface area contributed by atoms with Crippen LogP contribution in [0.1, 0.15) is 41.6 Å². The molecule has 0 saturated carbocycles. The number of hydrogen-bond acceptors (Lipinski definition) is 5. The maximum absolute atomic E-state index is 13.0. The number of nitrogens with zero attached hydrogens (tertiary/aromatic N) is 3. The van der Waals surface area contributed by atoms with Crippen molar-refractivity contribution in [3.63, 3.8) is 0 Å². The number of aryl methyl sites for hydroxylation is 3. The van der Waals surface area contributed by atoms with Crippen molar-refractivity contribution in [1.29, 1.82) is 0 Å².